The Morgan fingerprint density at radius 1 is 1.19 bits per heavy atom. The van der Waals surface area contributed by atoms with E-state index in [1.807, 2.05) is 0 Å². The Balaban J connectivity index is -0.0000000602. The minimum atomic E-state index is -3.58. The molecule has 1 unspecified atom stereocenters. The van der Waals surface area contributed by atoms with Gasteiger partial charge in [0.15, 0.2) is 9.84 Å². The fraction of sp³-hybridized carbons (Fsp3) is 0.250. The summed E-state index contributed by atoms with van der Waals surface area (Å²) >= 11 is -2.72. The van der Waals surface area contributed by atoms with Gasteiger partial charge in [-0.2, -0.15) is 5.11 Å². The number of benzene rings is 1. The van der Waals surface area contributed by atoms with Gasteiger partial charge in [0.2, 0.25) is 0 Å². The van der Waals surface area contributed by atoms with Crippen LogP contribution in [0.15, 0.2) is 34.3 Å². The molecule has 21 heavy (non-hydrogen) atoms. The average molecular weight is 373 g/mol. The summed E-state index contributed by atoms with van der Waals surface area (Å²) in [6, 6.07) is 5.37. The topological polar surface area (TPSA) is 120 Å². The van der Waals surface area contributed by atoms with Gasteiger partial charge in [0, 0.05) is 0 Å². The first kappa shape index (κ1) is 31.6. The van der Waals surface area contributed by atoms with E-state index in [4.69, 9.17) is 5.53 Å². The Morgan fingerprint density at radius 3 is 2.05 bits per heavy atom. The van der Waals surface area contributed by atoms with Gasteiger partial charge >= 0.3 is 118 Å². The van der Waals surface area contributed by atoms with Crippen LogP contribution in [0.4, 0.5) is 5.69 Å². The Labute approximate surface area is 220 Å². The third-order valence-corrected chi connectivity index (χ3v) is 3.91. The summed E-state index contributed by atoms with van der Waals surface area (Å²) in [5, 5.41) is 3.13. The zero-order valence-electron chi connectivity index (χ0n) is 16.5. The summed E-state index contributed by atoms with van der Waals surface area (Å²) in [5.41, 5.74) is 7.05. The maximum absolute atomic E-state index is 11.7. The van der Waals surface area contributed by atoms with Crippen molar-refractivity contribution in [3.63, 3.8) is 0 Å². The first-order valence-electron chi connectivity index (χ1n) is 4.38. The average Bonchev–Trinajstić information content (AvgIpc) is 2.28. The maximum atomic E-state index is 11.7. The fourth-order valence-electron chi connectivity index (χ4n) is 1.06. The van der Waals surface area contributed by atoms with Crippen molar-refractivity contribution in [3.05, 3.63) is 24.3 Å². The molecule has 0 heterocycles. The summed E-state index contributed by atoms with van der Waals surface area (Å²) < 4.78 is 47.6. The second-order valence-corrected chi connectivity index (χ2v) is 5.70. The summed E-state index contributed by atoms with van der Waals surface area (Å²) in [4.78, 5) is 0.0326. The molecule has 1 atom stereocenters. The van der Waals surface area contributed by atoms with Gasteiger partial charge in [-0.15, -0.1) is 0 Å². The van der Waals surface area contributed by atoms with E-state index in [0.717, 1.165) is 0 Å². The molecular weight excluding hydrogens is 360 g/mol. The number of rotatable bonds is 6. The molecule has 0 aliphatic carbocycles. The number of nitrogens with one attached hydrogen (secondary N) is 1. The van der Waals surface area contributed by atoms with Crippen LogP contribution >= 0.6 is 0 Å². The minimum absolute atomic E-state index is 0. The van der Waals surface area contributed by atoms with Crippen LogP contribution in [0.2, 0.25) is 0 Å². The molecule has 0 spiro atoms. The van der Waals surface area contributed by atoms with Crippen LogP contribution in [0, 0.1) is 5.53 Å². The van der Waals surface area contributed by atoms with Gasteiger partial charge in [0.25, 0.3) is 0 Å². The zero-order chi connectivity index (χ0) is 12.9. The Morgan fingerprint density at radius 2 is 1.67 bits per heavy atom. The molecule has 0 saturated heterocycles. The molecule has 1 aromatic rings. The standard InChI is InChI=1S/C8H10N2O5S2.4Na.4H/c9-10-7-1-3-8(4-2-7)17(13,14)6-5-15-16(11)12;;;;;;;;/h1-4,9H,5-6H2,(H,11,12);;;;;;;;/q;4*+1;4*-1/p-1. The van der Waals surface area contributed by atoms with Crippen LogP contribution in [0.25, 0.3) is 0 Å². The Kier molecular flexibility index (Phi) is 24.5. The maximum Gasteiger partial charge on any atom is 1.00 e. The molecule has 1 rings (SSSR count). The van der Waals surface area contributed by atoms with Crippen LogP contribution in [0.1, 0.15) is 5.71 Å². The van der Waals surface area contributed by atoms with Gasteiger partial charge < -0.3 is 10.3 Å². The summed E-state index contributed by atoms with van der Waals surface area (Å²) in [6.45, 7) is -0.428. The van der Waals surface area contributed by atoms with E-state index in [2.05, 4.69) is 9.30 Å². The number of sulfone groups is 1. The predicted octanol–water partition coefficient (Wildman–Crippen LogP) is -10.6. The van der Waals surface area contributed by atoms with E-state index in [0.29, 0.717) is 5.69 Å². The Bertz CT molecular complexity index is 542. The third kappa shape index (κ3) is 12.8. The van der Waals surface area contributed by atoms with Crippen molar-refractivity contribution >= 4 is 26.9 Å². The largest absolute Gasteiger partial charge is 1.00 e. The summed E-state index contributed by atoms with van der Waals surface area (Å²) in [5.74, 6) is -0.432. The van der Waals surface area contributed by atoms with Crippen molar-refractivity contribution in [1.29, 1.82) is 5.53 Å². The van der Waals surface area contributed by atoms with Gasteiger partial charge in [-0.05, 0) is 24.3 Å². The van der Waals surface area contributed by atoms with E-state index in [1.54, 1.807) is 0 Å². The quantitative estimate of drug-likeness (QED) is 0.302. The molecule has 0 bridgehead atoms. The molecule has 13 heteroatoms. The van der Waals surface area contributed by atoms with Crippen molar-refractivity contribution in [2.45, 2.75) is 4.90 Å². The molecule has 0 aliphatic heterocycles. The second kappa shape index (κ2) is 16.3. The minimum Gasteiger partial charge on any atom is -1.00 e. The number of hydrogen-bond donors (Lipinski definition) is 1. The van der Waals surface area contributed by atoms with Crippen molar-refractivity contribution in [2.24, 2.45) is 5.11 Å². The molecule has 0 aromatic heterocycles. The second-order valence-electron chi connectivity index (χ2n) is 2.95. The van der Waals surface area contributed by atoms with Crippen LogP contribution in [0.5, 0.6) is 0 Å². The van der Waals surface area contributed by atoms with Gasteiger partial charge in [-0.1, -0.05) is 0 Å². The van der Waals surface area contributed by atoms with E-state index in [9.17, 15) is 17.2 Å². The molecule has 0 saturated carbocycles. The normalized spacial score (nSPS) is 10.7. The van der Waals surface area contributed by atoms with Crippen molar-refractivity contribution < 1.29 is 145 Å². The van der Waals surface area contributed by atoms with Gasteiger partial charge in [-0.25, -0.2) is 18.2 Å². The Hall–Kier alpha value is 2.84. The summed E-state index contributed by atoms with van der Waals surface area (Å²) in [6.07, 6.45) is 0. The van der Waals surface area contributed by atoms with Crippen molar-refractivity contribution in [2.75, 3.05) is 12.4 Å². The molecule has 0 aliphatic rings. The number of nitrogens with zero attached hydrogens (tertiary/aromatic N) is 1. The van der Waals surface area contributed by atoms with Crippen molar-refractivity contribution in [1.82, 2.24) is 0 Å². The van der Waals surface area contributed by atoms with E-state index in [1.165, 1.54) is 24.3 Å². The van der Waals surface area contributed by atoms with E-state index >= 15 is 0 Å². The zero-order valence-corrected chi connectivity index (χ0v) is 22.2. The molecule has 0 amide bonds. The van der Waals surface area contributed by atoms with Crippen molar-refractivity contribution in [3.8, 4) is 0 Å². The fourth-order valence-corrected chi connectivity index (χ4v) is 2.47. The molecule has 0 fully saturated rings. The van der Waals surface area contributed by atoms with Crippen LogP contribution in [-0.4, -0.2) is 29.5 Å². The van der Waals surface area contributed by atoms with E-state index in [-0.39, 0.29) is 129 Å². The molecule has 1 N–H and O–H groups in total. The van der Waals surface area contributed by atoms with Crippen LogP contribution in [0.3, 0.4) is 0 Å². The van der Waals surface area contributed by atoms with Gasteiger partial charge in [-0.3, -0.25) is 4.18 Å². The molecular formula is C8H13N2Na4O5S2-. The van der Waals surface area contributed by atoms with Crippen LogP contribution in [-0.2, 0) is 25.4 Å². The van der Waals surface area contributed by atoms with E-state index < -0.39 is 33.6 Å². The summed E-state index contributed by atoms with van der Waals surface area (Å²) in [7, 11) is -3.58. The first-order valence-corrected chi connectivity index (χ1v) is 7.04. The van der Waals surface area contributed by atoms with Gasteiger partial charge in [0.1, 0.15) is 0 Å². The number of hydrogen-bond acceptors (Lipinski definition) is 7. The predicted molar refractivity (Wildman–Crippen MR) is 62.6 cm³/mol. The monoisotopic (exact) mass is 373 g/mol. The third-order valence-electron chi connectivity index (χ3n) is 1.86. The first-order chi connectivity index (χ1) is 7.95. The SMILES string of the molecule is N=Nc1ccc(S(=O)(=O)CCOS(=O)[O-])cc1.[H-].[H-].[H-].[H-].[Na+].[Na+].[Na+].[Na+]. The molecule has 102 valence electrons. The molecule has 1 aromatic carbocycles. The van der Waals surface area contributed by atoms with Gasteiger partial charge in [0.05, 0.1) is 34.3 Å². The van der Waals surface area contributed by atoms with Crippen LogP contribution < -0.4 is 118 Å². The molecule has 0 radical (unpaired) electrons. The molecule has 7 nitrogen and oxygen atoms in total. The smallest absolute Gasteiger partial charge is 1.00 e.